The molecule has 0 saturated heterocycles. The lowest BCUT2D eigenvalue weighted by Gasteiger charge is -2.36. The van der Waals surface area contributed by atoms with Gasteiger partial charge in [-0.1, -0.05) is 44.9 Å². The largest absolute Gasteiger partial charge is 0.490 e. The molecule has 2 aromatic rings. The summed E-state index contributed by atoms with van der Waals surface area (Å²) in [6.07, 6.45) is 5.06. The Hall–Kier alpha value is -2.27. The molecule has 34 heavy (non-hydrogen) atoms. The third-order valence-electron chi connectivity index (χ3n) is 6.13. The molecule has 2 atom stereocenters. The van der Waals surface area contributed by atoms with Crippen molar-refractivity contribution in [1.29, 1.82) is 0 Å². The van der Waals surface area contributed by atoms with Crippen LogP contribution in [0.4, 0.5) is 11.4 Å². The van der Waals surface area contributed by atoms with E-state index in [1.807, 2.05) is 43.5 Å². The first-order valence-corrected chi connectivity index (χ1v) is 14.1. The van der Waals surface area contributed by atoms with Crippen molar-refractivity contribution < 1.29 is 23.1 Å². The topological polar surface area (TPSA) is 122 Å². The Morgan fingerprint density at radius 1 is 1.29 bits per heavy atom. The smallest absolute Gasteiger partial charge is 0.324 e. The number of carboxylic acid groups (broad SMARTS) is 1. The van der Waals surface area contributed by atoms with Gasteiger partial charge in [-0.3, -0.25) is 4.79 Å². The second-order valence-corrected chi connectivity index (χ2v) is 11.0. The molecule has 10 heteroatoms. The lowest BCUT2D eigenvalue weighted by atomic mass is 9.89. The van der Waals surface area contributed by atoms with E-state index in [1.165, 1.54) is 17.8 Å². The first-order chi connectivity index (χ1) is 16.2. The Kier molecular flexibility index (Phi) is 8.51. The number of nitrogens with one attached hydrogen (secondary N) is 1. The van der Waals surface area contributed by atoms with Gasteiger partial charge in [0.25, 0.3) is 0 Å². The second-order valence-electron chi connectivity index (χ2n) is 8.49. The van der Waals surface area contributed by atoms with Gasteiger partial charge in [-0.15, -0.1) is 11.8 Å². The average molecular weight is 508 g/mol. The molecule has 0 fully saturated rings. The summed E-state index contributed by atoms with van der Waals surface area (Å²) >= 11 is 1.40. The Morgan fingerprint density at radius 3 is 2.59 bits per heavy atom. The van der Waals surface area contributed by atoms with E-state index >= 15 is 0 Å². The lowest BCUT2D eigenvalue weighted by molar-refractivity contribution is -0.139. The standard InChI is InChI=1S/C24H33N3O5S2/c1-4-6-12-24(5-2)16-27(17-10-8-7-9-11-17)19-13-21(33-3)20(32-15-18(25)23(28)29)14-22(19)34(30,31)26-24/h7-11,13-14,18,26H,4-6,12,15-16,25H2,1-3H3,(H,28,29)/t18-,24-/m0/s1. The summed E-state index contributed by atoms with van der Waals surface area (Å²) in [5.74, 6) is -0.896. The minimum atomic E-state index is -3.90. The molecule has 0 radical (unpaired) electrons. The maximum atomic E-state index is 13.7. The van der Waals surface area contributed by atoms with Gasteiger partial charge in [-0.2, -0.15) is 0 Å². The Balaban J connectivity index is 2.18. The van der Waals surface area contributed by atoms with E-state index < -0.39 is 27.6 Å². The minimum Gasteiger partial charge on any atom is -0.490 e. The zero-order chi connectivity index (χ0) is 24.9. The number of carbonyl (C=O) groups is 1. The molecule has 3 rings (SSSR count). The maximum absolute atomic E-state index is 13.7. The summed E-state index contributed by atoms with van der Waals surface area (Å²) in [5, 5.41) is 9.09. The van der Waals surface area contributed by atoms with E-state index in [0.717, 1.165) is 18.5 Å². The van der Waals surface area contributed by atoms with Crippen LogP contribution in [0, 0.1) is 0 Å². The normalized spacial score (nSPS) is 20.3. The highest BCUT2D eigenvalue weighted by Crippen LogP contribution is 2.43. The summed E-state index contributed by atoms with van der Waals surface area (Å²) < 4.78 is 36.1. The number of benzene rings is 2. The van der Waals surface area contributed by atoms with Gasteiger partial charge in [-0.05, 0) is 37.3 Å². The summed E-state index contributed by atoms with van der Waals surface area (Å²) in [6.45, 7) is 4.31. The van der Waals surface area contributed by atoms with Crippen LogP contribution in [0.3, 0.4) is 0 Å². The van der Waals surface area contributed by atoms with E-state index in [0.29, 0.717) is 35.7 Å². The van der Waals surface area contributed by atoms with E-state index in [9.17, 15) is 13.2 Å². The third kappa shape index (κ3) is 5.68. The molecule has 0 bridgehead atoms. The van der Waals surface area contributed by atoms with Crippen molar-refractivity contribution in [1.82, 2.24) is 4.72 Å². The number of nitrogens with two attached hydrogens (primary N) is 1. The van der Waals surface area contributed by atoms with Crippen molar-refractivity contribution in [3.63, 3.8) is 0 Å². The maximum Gasteiger partial charge on any atom is 0.324 e. The number of hydrogen-bond donors (Lipinski definition) is 3. The van der Waals surface area contributed by atoms with Gasteiger partial charge >= 0.3 is 5.97 Å². The first kappa shape index (κ1) is 26.3. The van der Waals surface area contributed by atoms with E-state index in [4.69, 9.17) is 15.6 Å². The van der Waals surface area contributed by atoms with Crippen molar-refractivity contribution in [2.45, 2.75) is 60.9 Å². The fraction of sp³-hybridized carbons (Fsp3) is 0.458. The average Bonchev–Trinajstić information content (AvgIpc) is 2.93. The number of thioether (sulfide) groups is 1. The quantitative estimate of drug-likeness (QED) is 0.413. The van der Waals surface area contributed by atoms with E-state index in [1.54, 1.807) is 6.07 Å². The molecule has 0 amide bonds. The SMILES string of the molecule is CCCC[C@@]1(CC)CN(c2ccccc2)c2cc(SC)c(OC[C@H](N)C(=O)O)cc2S(=O)(=O)N1. The fourth-order valence-corrected chi connectivity index (χ4v) is 6.33. The first-order valence-electron chi connectivity index (χ1n) is 11.4. The van der Waals surface area contributed by atoms with Crippen LogP contribution in [0.1, 0.15) is 39.5 Å². The molecule has 8 nitrogen and oxygen atoms in total. The van der Waals surface area contributed by atoms with Crippen molar-refractivity contribution >= 4 is 39.1 Å². The number of anilines is 2. The van der Waals surface area contributed by atoms with Crippen molar-refractivity contribution in [3.05, 3.63) is 42.5 Å². The second kappa shape index (κ2) is 11.0. The summed E-state index contributed by atoms with van der Waals surface area (Å²) in [7, 11) is -3.90. The molecule has 186 valence electrons. The van der Waals surface area contributed by atoms with Crippen LogP contribution >= 0.6 is 11.8 Å². The number of fused-ring (bicyclic) bond motifs is 1. The number of nitrogens with zero attached hydrogens (tertiary/aromatic N) is 1. The number of para-hydroxylation sites is 1. The highest BCUT2D eigenvalue weighted by molar-refractivity contribution is 7.98. The van der Waals surface area contributed by atoms with Gasteiger partial charge in [0.15, 0.2) is 0 Å². The van der Waals surface area contributed by atoms with Crippen LogP contribution in [0.5, 0.6) is 5.75 Å². The molecular formula is C24H33N3O5S2. The lowest BCUT2D eigenvalue weighted by Crippen LogP contribution is -2.52. The van der Waals surface area contributed by atoms with E-state index in [2.05, 4.69) is 16.5 Å². The summed E-state index contributed by atoms with van der Waals surface area (Å²) in [5.41, 5.74) is 6.41. The van der Waals surface area contributed by atoms with Crippen LogP contribution in [0.15, 0.2) is 52.3 Å². The molecular weight excluding hydrogens is 474 g/mol. The molecule has 1 heterocycles. The zero-order valence-corrected chi connectivity index (χ0v) is 21.4. The molecule has 0 spiro atoms. The molecule has 1 aliphatic rings. The molecule has 0 aliphatic carbocycles. The summed E-state index contributed by atoms with van der Waals surface area (Å²) in [4.78, 5) is 14.0. The number of carboxylic acids is 1. The number of aliphatic carboxylic acids is 1. The third-order valence-corrected chi connectivity index (χ3v) is 8.49. The Bertz CT molecular complexity index is 1110. The predicted octanol–water partition coefficient (Wildman–Crippen LogP) is 3.97. The minimum absolute atomic E-state index is 0.0971. The molecule has 4 N–H and O–H groups in total. The van der Waals surface area contributed by atoms with Gasteiger partial charge in [0, 0.05) is 18.3 Å². The number of hydrogen-bond acceptors (Lipinski definition) is 7. The molecule has 2 aromatic carbocycles. The molecule has 0 aromatic heterocycles. The van der Waals surface area contributed by atoms with Gasteiger partial charge in [0.2, 0.25) is 10.0 Å². The van der Waals surface area contributed by atoms with E-state index in [-0.39, 0.29) is 11.5 Å². The van der Waals surface area contributed by atoms with Crippen molar-refractivity contribution in [3.8, 4) is 5.75 Å². The summed E-state index contributed by atoms with van der Waals surface area (Å²) in [6, 6.07) is 11.8. The highest BCUT2D eigenvalue weighted by atomic mass is 32.2. The fourth-order valence-electron chi connectivity index (χ4n) is 4.08. The van der Waals surface area contributed by atoms with Crippen LogP contribution in [-0.4, -0.2) is 50.5 Å². The van der Waals surface area contributed by atoms with Gasteiger partial charge < -0.3 is 20.5 Å². The predicted molar refractivity (Wildman–Crippen MR) is 136 cm³/mol. The molecule has 0 saturated carbocycles. The van der Waals surface area contributed by atoms with Crippen molar-refractivity contribution in [2.75, 3.05) is 24.3 Å². The molecule has 0 unspecified atom stereocenters. The number of unbranched alkanes of at least 4 members (excludes halogenated alkanes) is 1. The number of ether oxygens (including phenoxy) is 1. The van der Waals surface area contributed by atoms with Gasteiger partial charge in [-0.25, -0.2) is 13.1 Å². The van der Waals surface area contributed by atoms with Gasteiger partial charge in [0.1, 0.15) is 23.3 Å². The van der Waals surface area contributed by atoms with Crippen LogP contribution in [0.2, 0.25) is 0 Å². The van der Waals surface area contributed by atoms with Crippen LogP contribution < -0.4 is 20.1 Å². The zero-order valence-electron chi connectivity index (χ0n) is 19.8. The Labute approximate surface area is 205 Å². The number of rotatable bonds is 10. The number of sulfonamides is 1. The van der Waals surface area contributed by atoms with Crippen LogP contribution in [0.25, 0.3) is 0 Å². The highest BCUT2D eigenvalue weighted by Gasteiger charge is 2.41. The monoisotopic (exact) mass is 507 g/mol. The Morgan fingerprint density at radius 2 is 2.00 bits per heavy atom. The van der Waals surface area contributed by atoms with Crippen molar-refractivity contribution in [2.24, 2.45) is 5.73 Å². The molecule has 1 aliphatic heterocycles. The van der Waals surface area contributed by atoms with Crippen LogP contribution in [-0.2, 0) is 14.8 Å². The van der Waals surface area contributed by atoms with Gasteiger partial charge in [0.05, 0.1) is 16.1 Å².